The summed E-state index contributed by atoms with van der Waals surface area (Å²) in [6.45, 7) is 2.33. The van der Waals surface area contributed by atoms with Crippen molar-refractivity contribution in [3.63, 3.8) is 0 Å². The molecule has 0 fully saturated rings. The van der Waals surface area contributed by atoms with E-state index in [1.54, 1.807) is 24.3 Å². The highest BCUT2D eigenvalue weighted by atomic mass is 16.2. The van der Waals surface area contributed by atoms with E-state index in [1.807, 2.05) is 12.1 Å². The molecule has 7 heteroatoms. The lowest BCUT2D eigenvalue weighted by atomic mass is 10.0. The molecule has 1 atom stereocenters. The molecule has 2 amide bonds. The molecule has 0 bridgehead atoms. The number of pyridine rings is 1. The van der Waals surface area contributed by atoms with Crippen molar-refractivity contribution in [2.24, 2.45) is 0 Å². The highest BCUT2D eigenvalue weighted by Gasteiger charge is 2.21. The molecule has 24 heavy (non-hydrogen) atoms. The third kappa shape index (κ3) is 4.91. The van der Waals surface area contributed by atoms with E-state index in [1.165, 1.54) is 12.4 Å². The van der Waals surface area contributed by atoms with Crippen molar-refractivity contribution in [1.29, 1.82) is 0 Å². The average molecular weight is 329 g/mol. The molecule has 0 unspecified atom stereocenters. The standard InChI is InChI=1S/C17H23N5O2/c1-3-4-7-15(13-6-5-8-18-10-13)22(2)17(24)19-11-14-9-16(23)21-12-20-14/h5-6,8-10,12,15H,3-4,7,11H2,1-2H3,(H,19,24)(H,20,21,23)/t15-/m1/s1. The van der Waals surface area contributed by atoms with Crippen LogP contribution < -0.4 is 10.9 Å². The lowest BCUT2D eigenvalue weighted by Gasteiger charge is -2.28. The summed E-state index contributed by atoms with van der Waals surface area (Å²) in [5, 5.41) is 2.80. The van der Waals surface area contributed by atoms with E-state index < -0.39 is 0 Å². The van der Waals surface area contributed by atoms with Gasteiger partial charge in [-0.15, -0.1) is 0 Å². The van der Waals surface area contributed by atoms with Gasteiger partial charge in [-0.1, -0.05) is 25.8 Å². The smallest absolute Gasteiger partial charge is 0.317 e. The Balaban J connectivity index is 2.03. The molecular formula is C17H23N5O2. The van der Waals surface area contributed by atoms with Gasteiger partial charge in [0, 0.05) is 25.5 Å². The van der Waals surface area contributed by atoms with Gasteiger partial charge >= 0.3 is 6.03 Å². The fourth-order valence-corrected chi connectivity index (χ4v) is 2.49. The van der Waals surface area contributed by atoms with Crippen LogP contribution in [0.3, 0.4) is 0 Å². The molecule has 7 nitrogen and oxygen atoms in total. The zero-order chi connectivity index (χ0) is 17.4. The third-order valence-corrected chi connectivity index (χ3v) is 3.84. The predicted molar refractivity (Wildman–Crippen MR) is 91.4 cm³/mol. The zero-order valence-corrected chi connectivity index (χ0v) is 14.0. The number of hydrogen-bond donors (Lipinski definition) is 2. The Morgan fingerprint density at radius 1 is 1.46 bits per heavy atom. The highest BCUT2D eigenvalue weighted by Crippen LogP contribution is 2.24. The molecule has 0 saturated carbocycles. The molecule has 0 aliphatic rings. The molecule has 2 aromatic rings. The van der Waals surface area contributed by atoms with Gasteiger partial charge in [0.25, 0.3) is 5.56 Å². The topological polar surface area (TPSA) is 91.0 Å². The second-order valence-corrected chi connectivity index (χ2v) is 5.62. The summed E-state index contributed by atoms with van der Waals surface area (Å²) in [7, 11) is 1.77. The van der Waals surface area contributed by atoms with E-state index in [4.69, 9.17) is 0 Å². The summed E-state index contributed by atoms with van der Waals surface area (Å²) in [5.74, 6) is 0. The fourth-order valence-electron chi connectivity index (χ4n) is 2.49. The normalized spacial score (nSPS) is 11.8. The van der Waals surface area contributed by atoms with Gasteiger partial charge in [0.15, 0.2) is 0 Å². The van der Waals surface area contributed by atoms with Gasteiger partial charge in [0.05, 0.1) is 24.6 Å². The van der Waals surface area contributed by atoms with Gasteiger partial charge in [-0.25, -0.2) is 9.78 Å². The zero-order valence-electron chi connectivity index (χ0n) is 14.0. The maximum absolute atomic E-state index is 12.5. The van der Waals surface area contributed by atoms with Crippen molar-refractivity contribution in [2.75, 3.05) is 7.05 Å². The van der Waals surface area contributed by atoms with Gasteiger partial charge < -0.3 is 15.2 Å². The molecule has 2 heterocycles. The van der Waals surface area contributed by atoms with Crippen LogP contribution in [0.2, 0.25) is 0 Å². The molecule has 2 N–H and O–H groups in total. The molecule has 0 radical (unpaired) electrons. The Kier molecular flexibility index (Phi) is 6.48. The van der Waals surface area contributed by atoms with Gasteiger partial charge in [0.2, 0.25) is 0 Å². The quantitative estimate of drug-likeness (QED) is 0.815. The Morgan fingerprint density at radius 2 is 2.29 bits per heavy atom. The van der Waals surface area contributed by atoms with E-state index >= 15 is 0 Å². The Bertz CT molecular complexity index is 701. The van der Waals surface area contributed by atoms with Crippen molar-refractivity contribution in [1.82, 2.24) is 25.2 Å². The largest absolute Gasteiger partial charge is 0.332 e. The molecule has 0 aliphatic carbocycles. The number of nitrogens with one attached hydrogen (secondary N) is 2. The molecule has 0 saturated heterocycles. The summed E-state index contributed by atoms with van der Waals surface area (Å²) >= 11 is 0. The first kappa shape index (κ1) is 17.7. The fraction of sp³-hybridized carbons (Fsp3) is 0.412. The van der Waals surface area contributed by atoms with Crippen LogP contribution in [0.5, 0.6) is 0 Å². The first-order chi connectivity index (χ1) is 11.6. The summed E-state index contributed by atoms with van der Waals surface area (Å²) in [6.07, 6.45) is 7.79. The second-order valence-electron chi connectivity index (χ2n) is 5.62. The van der Waals surface area contributed by atoms with E-state index in [2.05, 4.69) is 27.2 Å². The molecule has 0 aromatic carbocycles. The Hall–Kier alpha value is -2.70. The van der Waals surface area contributed by atoms with Crippen molar-refractivity contribution in [3.8, 4) is 0 Å². The number of H-pyrrole nitrogens is 1. The van der Waals surface area contributed by atoms with Crippen molar-refractivity contribution in [2.45, 2.75) is 38.8 Å². The average Bonchev–Trinajstić information content (AvgIpc) is 2.61. The number of carbonyl (C=O) groups is 1. The first-order valence-electron chi connectivity index (χ1n) is 8.06. The number of aromatic amines is 1. The van der Waals surface area contributed by atoms with Crippen LogP contribution in [0.25, 0.3) is 0 Å². The number of hydrogen-bond acceptors (Lipinski definition) is 4. The molecule has 128 valence electrons. The minimum absolute atomic E-state index is 0.0363. The number of carbonyl (C=O) groups excluding carboxylic acids is 1. The van der Waals surface area contributed by atoms with Gasteiger partial charge in [-0.3, -0.25) is 9.78 Å². The number of urea groups is 1. The van der Waals surface area contributed by atoms with Crippen molar-refractivity contribution >= 4 is 6.03 Å². The monoisotopic (exact) mass is 329 g/mol. The van der Waals surface area contributed by atoms with Crippen molar-refractivity contribution in [3.05, 3.63) is 58.5 Å². The third-order valence-electron chi connectivity index (χ3n) is 3.84. The summed E-state index contributed by atoms with van der Waals surface area (Å²) in [5.41, 5.74) is 1.30. The van der Waals surface area contributed by atoms with Crippen LogP contribution in [0, 0.1) is 0 Å². The van der Waals surface area contributed by atoms with Gasteiger partial charge in [-0.2, -0.15) is 0 Å². The lowest BCUT2D eigenvalue weighted by Crippen LogP contribution is -2.39. The SMILES string of the molecule is CCCC[C@H](c1cccnc1)N(C)C(=O)NCc1cc(=O)[nH]cn1. The number of nitrogens with zero attached hydrogens (tertiary/aromatic N) is 3. The maximum atomic E-state index is 12.5. The van der Waals surface area contributed by atoms with Gasteiger partial charge in [0.1, 0.15) is 0 Å². The van der Waals surface area contributed by atoms with E-state index in [9.17, 15) is 9.59 Å². The van der Waals surface area contributed by atoms with Crippen LogP contribution >= 0.6 is 0 Å². The minimum atomic E-state index is -0.237. The summed E-state index contributed by atoms with van der Waals surface area (Å²) in [4.78, 5) is 36.0. The number of amides is 2. The molecule has 2 rings (SSSR count). The van der Waals surface area contributed by atoms with Gasteiger partial charge in [-0.05, 0) is 18.1 Å². The molecule has 0 spiro atoms. The van der Waals surface area contributed by atoms with Crippen LogP contribution in [0.1, 0.15) is 43.5 Å². The predicted octanol–water partition coefficient (Wildman–Crippen LogP) is 2.24. The van der Waals surface area contributed by atoms with E-state index in [-0.39, 0.29) is 24.2 Å². The summed E-state index contributed by atoms with van der Waals surface area (Å²) in [6, 6.07) is 4.98. The van der Waals surface area contributed by atoms with Crippen LogP contribution in [-0.4, -0.2) is 32.9 Å². The number of rotatable bonds is 7. The Labute approximate surface area is 141 Å². The molecular weight excluding hydrogens is 306 g/mol. The van der Waals surface area contributed by atoms with Crippen LogP contribution in [0.4, 0.5) is 4.79 Å². The number of aromatic nitrogens is 3. The number of unbranched alkanes of at least 4 members (excludes halogenated alkanes) is 1. The maximum Gasteiger partial charge on any atom is 0.317 e. The highest BCUT2D eigenvalue weighted by molar-refractivity contribution is 5.74. The van der Waals surface area contributed by atoms with Crippen LogP contribution in [-0.2, 0) is 6.54 Å². The van der Waals surface area contributed by atoms with E-state index in [0.29, 0.717) is 5.69 Å². The van der Waals surface area contributed by atoms with E-state index in [0.717, 1.165) is 24.8 Å². The first-order valence-corrected chi connectivity index (χ1v) is 8.06. The minimum Gasteiger partial charge on any atom is -0.332 e. The van der Waals surface area contributed by atoms with Crippen molar-refractivity contribution < 1.29 is 4.79 Å². The second kappa shape index (κ2) is 8.81. The Morgan fingerprint density at radius 3 is 2.96 bits per heavy atom. The summed E-state index contributed by atoms with van der Waals surface area (Å²) < 4.78 is 0. The molecule has 2 aromatic heterocycles. The molecule has 0 aliphatic heterocycles. The van der Waals surface area contributed by atoms with Crippen LogP contribution in [0.15, 0.2) is 41.7 Å². The lowest BCUT2D eigenvalue weighted by molar-refractivity contribution is 0.185.